The van der Waals surface area contributed by atoms with Crippen LogP contribution in [-0.4, -0.2) is 71.3 Å². The molecule has 272 valence electrons. The molecule has 0 saturated heterocycles. The van der Waals surface area contributed by atoms with Crippen LogP contribution in [0.2, 0.25) is 0 Å². The Labute approximate surface area is 301 Å². The SMILES string of the molecule is COC1CCC(CC(O)C(Cc2ccccc2)NC(=O)C(CSc2ccc3ccccc3c2)NC(=O)OC(C)(C)C)C(C(=O)NC(C)(C)C)C1. The smallest absolute Gasteiger partial charge is 0.408 e. The Balaban J connectivity index is 1.55. The molecule has 0 heterocycles. The van der Waals surface area contributed by atoms with E-state index in [1.807, 2.05) is 87.5 Å². The number of ether oxygens (including phenoxy) is 2. The summed E-state index contributed by atoms with van der Waals surface area (Å²) in [6, 6.07) is 22.2. The van der Waals surface area contributed by atoms with Gasteiger partial charge in [-0.2, -0.15) is 0 Å². The minimum absolute atomic E-state index is 0.0290. The zero-order valence-electron chi connectivity index (χ0n) is 30.5. The molecule has 0 bridgehead atoms. The van der Waals surface area contributed by atoms with Crippen molar-refractivity contribution in [2.75, 3.05) is 12.9 Å². The third-order valence-corrected chi connectivity index (χ3v) is 9.98. The first kappa shape index (κ1) is 39.2. The molecular weight excluding hydrogens is 651 g/mol. The van der Waals surface area contributed by atoms with Gasteiger partial charge in [0.2, 0.25) is 11.8 Å². The second-order valence-corrected chi connectivity index (χ2v) is 16.5. The highest BCUT2D eigenvalue weighted by atomic mass is 32.2. The summed E-state index contributed by atoms with van der Waals surface area (Å²) in [5.41, 5.74) is -0.199. The molecule has 3 aromatic rings. The number of aliphatic hydroxyl groups is 1. The van der Waals surface area contributed by atoms with Crippen LogP contribution in [0, 0.1) is 11.8 Å². The van der Waals surface area contributed by atoms with Crippen LogP contribution in [-0.2, 0) is 25.5 Å². The maximum Gasteiger partial charge on any atom is 0.408 e. The highest BCUT2D eigenvalue weighted by molar-refractivity contribution is 7.99. The van der Waals surface area contributed by atoms with Gasteiger partial charge in [-0.25, -0.2) is 4.79 Å². The van der Waals surface area contributed by atoms with Crippen LogP contribution in [0.5, 0.6) is 0 Å². The second kappa shape index (κ2) is 17.6. The highest BCUT2D eigenvalue weighted by Crippen LogP contribution is 2.36. The van der Waals surface area contributed by atoms with E-state index in [0.717, 1.165) is 34.1 Å². The Morgan fingerprint density at radius 2 is 1.58 bits per heavy atom. The van der Waals surface area contributed by atoms with Crippen molar-refractivity contribution in [3.05, 3.63) is 78.4 Å². The summed E-state index contributed by atoms with van der Waals surface area (Å²) in [7, 11) is 1.67. The van der Waals surface area contributed by atoms with E-state index in [1.54, 1.807) is 27.9 Å². The Kier molecular flexibility index (Phi) is 13.8. The molecule has 1 aliphatic carbocycles. The molecule has 6 unspecified atom stereocenters. The van der Waals surface area contributed by atoms with Gasteiger partial charge in [0.25, 0.3) is 0 Å². The molecule has 3 amide bonds. The van der Waals surface area contributed by atoms with Gasteiger partial charge in [0.05, 0.1) is 18.2 Å². The number of carbonyl (C=O) groups excluding carboxylic acids is 3. The van der Waals surface area contributed by atoms with Crippen LogP contribution in [0.1, 0.15) is 72.8 Å². The molecule has 10 heteroatoms. The third-order valence-electron chi connectivity index (χ3n) is 8.89. The van der Waals surface area contributed by atoms with Gasteiger partial charge in [-0.15, -0.1) is 11.8 Å². The number of methoxy groups -OCH3 is 1. The summed E-state index contributed by atoms with van der Waals surface area (Å²) in [5.74, 6) is -0.668. The van der Waals surface area contributed by atoms with Gasteiger partial charge in [-0.1, -0.05) is 60.7 Å². The first-order valence-corrected chi connectivity index (χ1v) is 18.6. The number of hydrogen-bond acceptors (Lipinski definition) is 7. The van der Waals surface area contributed by atoms with Crippen LogP contribution in [0.3, 0.4) is 0 Å². The summed E-state index contributed by atoms with van der Waals surface area (Å²) >= 11 is 1.46. The van der Waals surface area contributed by atoms with Gasteiger partial charge >= 0.3 is 6.09 Å². The van der Waals surface area contributed by atoms with Crippen molar-refractivity contribution in [1.82, 2.24) is 16.0 Å². The molecule has 1 aliphatic rings. The molecule has 0 radical (unpaired) electrons. The summed E-state index contributed by atoms with van der Waals surface area (Å²) in [4.78, 5) is 41.5. The number of fused-ring (bicyclic) bond motifs is 1. The first-order chi connectivity index (χ1) is 23.6. The molecule has 50 heavy (non-hydrogen) atoms. The Bertz CT molecular complexity index is 1570. The average molecular weight is 706 g/mol. The van der Waals surface area contributed by atoms with E-state index in [9.17, 15) is 19.5 Å². The summed E-state index contributed by atoms with van der Waals surface area (Å²) in [5, 5.41) is 23.1. The van der Waals surface area contributed by atoms with Crippen molar-refractivity contribution in [3.63, 3.8) is 0 Å². The number of hydrogen-bond donors (Lipinski definition) is 4. The monoisotopic (exact) mass is 705 g/mol. The van der Waals surface area contributed by atoms with Crippen LogP contribution < -0.4 is 16.0 Å². The van der Waals surface area contributed by atoms with Crippen molar-refractivity contribution in [1.29, 1.82) is 0 Å². The topological polar surface area (TPSA) is 126 Å². The maximum absolute atomic E-state index is 14.1. The van der Waals surface area contributed by atoms with E-state index in [1.165, 1.54) is 11.8 Å². The van der Waals surface area contributed by atoms with Gasteiger partial charge in [-0.05, 0) is 108 Å². The number of rotatable bonds is 13. The Morgan fingerprint density at radius 1 is 0.900 bits per heavy atom. The average Bonchev–Trinajstić information content (AvgIpc) is 3.05. The van der Waals surface area contributed by atoms with Crippen LogP contribution in [0.4, 0.5) is 4.79 Å². The van der Waals surface area contributed by atoms with Crippen molar-refractivity contribution in [2.24, 2.45) is 11.8 Å². The molecule has 0 aliphatic heterocycles. The highest BCUT2D eigenvalue weighted by Gasteiger charge is 2.39. The molecule has 6 atom stereocenters. The lowest BCUT2D eigenvalue weighted by atomic mass is 9.73. The minimum atomic E-state index is -0.955. The van der Waals surface area contributed by atoms with Crippen LogP contribution in [0.25, 0.3) is 10.8 Å². The van der Waals surface area contributed by atoms with Gasteiger partial charge in [0.1, 0.15) is 11.6 Å². The number of amides is 3. The quantitative estimate of drug-likeness (QED) is 0.147. The van der Waals surface area contributed by atoms with Gasteiger partial charge in [0, 0.05) is 29.2 Å². The molecule has 0 spiro atoms. The fraction of sp³-hybridized carbons (Fsp3) is 0.525. The number of carbonyl (C=O) groups is 3. The van der Waals surface area contributed by atoms with Crippen molar-refractivity contribution in [2.45, 2.75) is 114 Å². The van der Waals surface area contributed by atoms with E-state index < -0.39 is 41.3 Å². The summed E-state index contributed by atoms with van der Waals surface area (Å²) in [6.07, 6.45) is 1.09. The number of alkyl carbamates (subject to hydrolysis) is 1. The third kappa shape index (κ3) is 12.3. The molecule has 3 aromatic carbocycles. The fourth-order valence-corrected chi connectivity index (χ4v) is 7.42. The van der Waals surface area contributed by atoms with Crippen molar-refractivity contribution < 1.29 is 29.0 Å². The van der Waals surface area contributed by atoms with E-state index in [0.29, 0.717) is 19.3 Å². The second-order valence-electron chi connectivity index (χ2n) is 15.4. The molecule has 9 nitrogen and oxygen atoms in total. The largest absolute Gasteiger partial charge is 0.444 e. The van der Waals surface area contributed by atoms with Crippen molar-refractivity contribution >= 4 is 40.4 Å². The molecule has 4 rings (SSSR count). The zero-order valence-corrected chi connectivity index (χ0v) is 31.3. The van der Waals surface area contributed by atoms with Crippen LogP contribution in [0.15, 0.2) is 77.7 Å². The number of nitrogens with one attached hydrogen (secondary N) is 3. The predicted octanol–water partition coefficient (Wildman–Crippen LogP) is 6.65. The van der Waals surface area contributed by atoms with Gasteiger partial charge < -0.3 is 30.5 Å². The molecular formula is C40H55N3O6S. The fourth-order valence-electron chi connectivity index (χ4n) is 6.45. The maximum atomic E-state index is 14.1. The normalized spacial score (nSPS) is 20.0. The lowest BCUT2D eigenvalue weighted by Gasteiger charge is -2.38. The van der Waals surface area contributed by atoms with E-state index in [2.05, 4.69) is 22.0 Å². The lowest BCUT2D eigenvalue weighted by Crippen LogP contribution is -2.55. The number of aliphatic hydroxyl groups excluding tert-OH is 1. The van der Waals surface area contributed by atoms with Gasteiger partial charge in [-0.3, -0.25) is 9.59 Å². The Morgan fingerprint density at radius 3 is 2.24 bits per heavy atom. The first-order valence-electron chi connectivity index (χ1n) is 17.6. The van der Waals surface area contributed by atoms with E-state index in [-0.39, 0.29) is 29.6 Å². The minimum Gasteiger partial charge on any atom is -0.444 e. The summed E-state index contributed by atoms with van der Waals surface area (Å²) in [6.45, 7) is 11.2. The molecule has 0 aromatic heterocycles. The van der Waals surface area contributed by atoms with Gasteiger partial charge in [0.15, 0.2) is 0 Å². The molecule has 1 fully saturated rings. The van der Waals surface area contributed by atoms with Crippen LogP contribution >= 0.6 is 11.8 Å². The standard InChI is InChI=1S/C40H55N3O6S/c1-39(2,3)43-36(45)32-24-30(48-7)19-17-29(32)23-35(44)33(21-26-13-9-8-10-14-26)41-37(46)34(42-38(47)49-40(4,5)6)25-50-31-20-18-27-15-11-12-16-28(27)22-31/h8-16,18,20,22,29-30,32-35,44H,17,19,21,23-25H2,1-7H3,(H,41,46)(H,42,47)(H,43,45). The lowest BCUT2D eigenvalue weighted by molar-refractivity contribution is -0.132. The Hall–Kier alpha value is -3.60. The van der Waals surface area contributed by atoms with E-state index in [4.69, 9.17) is 9.47 Å². The van der Waals surface area contributed by atoms with Crippen molar-refractivity contribution in [3.8, 4) is 0 Å². The molecule has 1 saturated carbocycles. The number of benzene rings is 3. The zero-order chi connectivity index (χ0) is 36.5. The number of thioether (sulfide) groups is 1. The summed E-state index contributed by atoms with van der Waals surface area (Å²) < 4.78 is 11.2. The predicted molar refractivity (Wildman–Crippen MR) is 200 cm³/mol. The molecule has 4 N–H and O–H groups in total. The van der Waals surface area contributed by atoms with E-state index >= 15 is 0 Å².